The van der Waals surface area contributed by atoms with Crippen molar-refractivity contribution in [2.75, 3.05) is 33.4 Å². The highest BCUT2D eigenvalue weighted by molar-refractivity contribution is 7.86. The number of hydrogen-bond acceptors (Lipinski definition) is 4. The zero-order chi connectivity index (χ0) is 14.3. The zero-order valence-corrected chi connectivity index (χ0v) is 12.5. The fraction of sp³-hybridized carbons (Fsp3) is 0.917. The molecule has 0 amide bonds. The van der Waals surface area contributed by atoms with Gasteiger partial charge in [0.05, 0.1) is 12.7 Å². The smallest absolute Gasteiger partial charge is 0.282 e. The maximum absolute atomic E-state index is 12.6. The van der Waals surface area contributed by atoms with Crippen molar-refractivity contribution in [2.24, 2.45) is 0 Å². The van der Waals surface area contributed by atoms with E-state index in [-0.39, 0.29) is 19.0 Å². The Bertz CT molecular complexity index is 405. The van der Waals surface area contributed by atoms with Crippen molar-refractivity contribution in [3.63, 3.8) is 0 Å². The summed E-state index contributed by atoms with van der Waals surface area (Å²) in [5.41, 5.74) is 0. The molecule has 1 heterocycles. The topological polar surface area (TPSA) is 73.6 Å². The Morgan fingerprint density at radius 3 is 2.74 bits per heavy atom. The van der Waals surface area contributed by atoms with Gasteiger partial charge in [-0.3, -0.25) is 0 Å². The first-order valence-corrected chi connectivity index (χ1v) is 8.06. The van der Waals surface area contributed by atoms with E-state index in [1.165, 1.54) is 4.31 Å². The summed E-state index contributed by atoms with van der Waals surface area (Å²) in [4.78, 5) is 0. The number of piperidine rings is 1. The Morgan fingerprint density at radius 1 is 1.42 bits per heavy atom. The normalized spacial score (nSPS) is 21.5. The van der Waals surface area contributed by atoms with Gasteiger partial charge in [0, 0.05) is 39.2 Å². The first kappa shape index (κ1) is 16.4. The minimum atomic E-state index is -3.48. The summed E-state index contributed by atoms with van der Waals surface area (Å²) in [5, 5.41) is 8.65. The third-order valence-electron chi connectivity index (χ3n) is 3.38. The highest BCUT2D eigenvalue weighted by Gasteiger charge is 2.34. The second kappa shape index (κ2) is 7.80. The van der Waals surface area contributed by atoms with Crippen LogP contribution in [0, 0.1) is 11.3 Å². The molecule has 0 aromatic heterocycles. The minimum absolute atomic E-state index is 0.0332. The van der Waals surface area contributed by atoms with Crippen molar-refractivity contribution in [3.8, 4) is 6.07 Å². The number of methoxy groups -OCH3 is 1. The first-order chi connectivity index (χ1) is 9.04. The van der Waals surface area contributed by atoms with Crippen LogP contribution >= 0.6 is 0 Å². The average Bonchev–Trinajstić information content (AvgIpc) is 2.39. The van der Waals surface area contributed by atoms with Crippen molar-refractivity contribution < 1.29 is 13.2 Å². The molecule has 7 heteroatoms. The van der Waals surface area contributed by atoms with Gasteiger partial charge < -0.3 is 4.74 Å². The first-order valence-electron chi connectivity index (χ1n) is 6.67. The van der Waals surface area contributed by atoms with Gasteiger partial charge in [0.1, 0.15) is 0 Å². The molecular weight excluding hydrogens is 266 g/mol. The lowest BCUT2D eigenvalue weighted by Gasteiger charge is -2.36. The summed E-state index contributed by atoms with van der Waals surface area (Å²) in [6.45, 7) is 3.37. The molecule has 19 heavy (non-hydrogen) atoms. The molecule has 0 N–H and O–H groups in total. The largest absolute Gasteiger partial charge is 0.383 e. The molecule has 1 fully saturated rings. The number of nitrogens with zero attached hydrogens (tertiary/aromatic N) is 3. The van der Waals surface area contributed by atoms with Crippen LogP contribution in [0.4, 0.5) is 0 Å². The van der Waals surface area contributed by atoms with Gasteiger partial charge in [0.2, 0.25) is 0 Å². The molecular formula is C12H23N3O3S. The molecule has 0 spiro atoms. The summed E-state index contributed by atoms with van der Waals surface area (Å²) in [6, 6.07) is 2.03. The van der Waals surface area contributed by atoms with Crippen LogP contribution in [0.15, 0.2) is 0 Å². The van der Waals surface area contributed by atoms with E-state index >= 15 is 0 Å². The molecule has 1 rings (SSSR count). The Morgan fingerprint density at radius 2 is 2.16 bits per heavy atom. The summed E-state index contributed by atoms with van der Waals surface area (Å²) in [5.74, 6) is 0. The van der Waals surface area contributed by atoms with Crippen LogP contribution in [0.2, 0.25) is 0 Å². The lowest BCUT2D eigenvalue weighted by atomic mass is 10.1. The standard InChI is InChI=1S/C12H23N3O3S/c1-12-6-3-4-9-15(12)19(16,17)14(8-5-7-13)10-11-18-2/h12H,3-6,8-11H2,1-2H3. The molecule has 1 unspecified atom stereocenters. The van der Waals surface area contributed by atoms with Crippen molar-refractivity contribution in [1.29, 1.82) is 5.26 Å². The van der Waals surface area contributed by atoms with Gasteiger partial charge in [-0.1, -0.05) is 6.42 Å². The van der Waals surface area contributed by atoms with Crippen LogP contribution < -0.4 is 0 Å². The highest BCUT2D eigenvalue weighted by Crippen LogP contribution is 2.22. The van der Waals surface area contributed by atoms with E-state index in [0.29, 0.717) is 19.7 Å². The SMILES string of the molecule is COCCN(CCC#N)S(=O)(=O)N1CCCCC1C. The molecule has 0 bridgehead atoms. The Labute approximate surface area is 116 Å². The van der Waals surface area contributed by atoms with Gasteiger partial charge in [0.15, 0.2) is 0 Å². The van der Waals surface area contributed by atoms with Crippen LogP contribution in [0.1, 0.15) is 32.6 Å². The number of nitriles is 1. The lowest BCUT2D eigenvalue weighted by Crippen LogP contribution is -2.50. The highest BCUT2D eigenvalue weighted by atomic mass is 32.2. The molecule has 0 aromatic rings. The zero-order valence-electron chi connectivity index (χ0n) is 11.7. The van der Waals surface area contributed by atoms with Crippen LogP contribution in [0.5, 0.6) is 0 Å². The third kappa shape index (κ3) is 4.42. The van der Waals surface area contributed by atoms with Gasteiger partial charge in [0.25, 0.3) is 10.2 Å². The summed E-state index contributed by atoms with van der Waals surface area (Å²) in [6.07, 6.45) is 3.07. The van der Waals surface area contributed by atoms with E-state index in [2.05, 4.69) is 0 Å². The van der Waals surface area contributed by atoms with E-state index in [1.54, 1.807) is 11.4 Å². The minimum Gasteiger partial charge on any atom is -0.383 e. The molecule has 0 radical (unpaired) electrons. The van der Waals surface area contributed by atoms with Crippen molar-refractivity contribution >= 4 is 10.2 Å². The average molecular weight is 289 g/mol. The van der Waals surface area contributed by atoms with Crippen LogP contribution in [-0.2, 0) is 14.9 Å². The fourth-order valence-corrected chi connectivity index (χ4v) is 4.12. The van der Waals surface area contributed by atoms with Crippen LogP contribution in [0.25, 0.3) is 0 Å². The van der Waals surface area contributed by atoms with Gasteiger partial charge in [-0.05, 0) is 19.8 Å². The predicted molar refractivity (Wildman–Crippen MR) is 72.6 cm³/mol. The Balaban J connectivity index is 2.81. The van der Waals surface area contributed by atoms with E-state index in [4.69, 9.17) is 10.00 Å². The molecule has 110 valence electrons. The van der Waals surface area contributed by atoms with Gasteiger partial charge in [-0.15, -0.1) is 0 Å². The Hall–Kier alpha value is -0.680. The van der Waals surface area contributed by atoms with E-state index in [0.717, 1.165) is 19.3 Å². The second-order valence-electron chi connectivity index (χ2n) is 4.76. The quantitative estimate of drug-likeness (QED) is 0.700. The molecule has 0 saturated carbocycles. The molecule has 1 aliphatic rings. The van der Waals surface area contributed by atoms with Gasteiger partial charge >= 0.3 is 0 Å². The summed E-state index contributed by atoms with van der Waals surface area (Å²) < 4.78 is 33.1. The second-order valence-corrected chi connectivity index (χ2v) is 6.64. The molecule has 1 aliphatic heterocycles. The number of rotatable bonds is 7. The predicted octanol–water partition coefficient (Wildman–Crippen LogP) is 0.968. The maximum Gasteiger partial charge on any atom is 0.282 e. The van der Waals surface area contributed by atoms with Crippen molar-refractivity contribution in [1.82, 2.24) is 8.61 Å². The number of ether oxygens (including phenoxy) is 1. The van der Waals surface area contributed by atoms with Crippen molar-refractivity contribution in [2.45, 2.75) is 38.6 Å². The molecule has 1 saturated heterocycles. The third-order valence-corrected chi connectivity index (χ3v) is 5.54. The van der Waals surface area contributed by atoms with Gasteiger partial charge in [-0.2, -0.15) is 22.3 Å². The monoisotopic (exact) mass is 289 g/mol. The fourth-order valence-electron chi connectivity index (χ4n) is 2.27. The van der Waals surface area contributed by atoms with Crippen LogP contribution in [0.3, 0.4) is 0 Å². The van der Waals surface area contributed by atoms with E-state index < -0.39 is 10.2 Å². The molecule has 1 atom stereocenters. The molecule has 6 nitrogen and oxygen atoms in total. The Kier molecular flexibility index (Phi) is 6.72. The van der Waals surface area contributed by atoms with Crippen LogP contribution in [-0.4, -0.2) is 56.4 Å². The molecule has 0 aliphatic carbocycles. The summed E-state index contributed by atoms with van der Waals surface area (Å²) in [7, 11) is -1.94. The van der Waals surface area contributed by atoms with Crippen molar-refractivity contribution in [3.05, 3.63) is 0 Å². The number of hydrogen-bond donors (Lipinski definition) is 0. The van der Waals surface area contributed by atoms with Gasteiger partial charge in [-0.25, -0.2) is 0 Å². The van der Waals surface area contributed by atoms with E-state index in [1.807, 2.05) is 13.0 Å². The molecule has 0 aromatic carbocycles. The summed E-state index contributed by atoms with van der Waals surface area (Å²) >= 11 is 0. The lowest BCUT2D eigenvalue weighted by molar-refractivity contribution is 0.172. The maximum atomic E-state index is 12.6. The van der Waals surface area contributed by atoms with E-state index in [9.17, 15) is 8.42 Å².